The van der Waals surface area contributed by atoms with Crippen LogP contribution in [0.1, 0.15) is 46.2 Å². The number of aromatic nitrogens is 2. The van der Waals surface area contributed by atoms with Gasteiger partial charge in [-0.25, -0.2) is 9.78 Å². The van der Waals surface area contributed by atoms with Crippen LogP contribution < -0.4 is 0 Å². The lowest BCUT2D eigenvalue weighted by Gasteiger charge is -2.41. The highest BCUT2D eigenvalue weighted by molar-refractivity contribution is 5.86. The molecule has 1 aliphatic carbocycles. The van der Waals surface area contributed by atoms with Gasteiger partial charge in [0.2, 0.25) is 5.79 Å². The van der Waals surface area contributed by atoms with E-state index in [0.717, 1.165) is 12.0 Å². The van der Waals surface area contributed by atoms with E-state index in [1.165, 1.54) is 11.6 Å². The number of hydrogen-bond donors (Lipinski definition) is 0. The average molecular weight is 508 g/mol. The van der Waals surface area contributed by atoms with Gasteiger partial charge in [-0.15, -0.1) is 0 Å². The van der Waals surface area contributed by atoms with Crippen LogP contribution >= 0.6 is 0 Å². The van der Waals surface area contributed by atoms with E-state index in [0.29, 0.717) is 24.0 Å². The lowest BCUT2D eigenvalue weighted by Crippen LogP contribution is -2.47. The van der Waals surface area contributed by atoms with E-state index in [-0.39, 0.29) is 18.4 Å². The maximum Gasteiger partial charge on any atom is 0.331 e. The van der Waals surface area contributed by atoms with Gasteiger partial charge in [0.25, 0.3) is 0 Å². The molecule has 0 amide bonds. The summed E-state index contributed by atoms with van der Waals surface area (Å²) in [5.41, 5.74) is 10.9. The quantitative estimate of drug-likeness (QED) is 0.120. The number of rotatable bonds is 7. The van der Waals surface area contributed by atoms with Crippen molar-refractivity contribution in [3.8, 4) is 0 Å². The van der Waals surface area contributed by atoms with E-state index in [2.05, 4.69) is 47.9 Å². The van der Waals surface area contributed by atoms with Crippen molar-refractivity contribution in [2.45, 2.75) is 58.0 Å². The molecule has 4 rings (SSSR count). The number of methoxy groups -OCH3 is 1. The van der Waals surface area contributed by atoms with Gasteiger partial charge in [-0.1, -0.05) is 36.7 Å². The fourth-order valence-corrected chi connectivity index (χ4v) is 5.89. The zero-order valence-corrected chi connectivity index (χ0v) is 22.5. The number of nitrogens with zero attached hydrogens (tertiary/aromatic N) is 5. The number of aryl methyl sites for hydroxylation is 1. The third kappa shape index (κ3) is 5.44. The van der Waals surface area contributed by atoms with Crippen molar-refractivity contribution < 1.29 is 19.0 Å². The second-order valence-corrected chi connectivity index (χ2v) is 10.8. The fourth-order valence-electron chi connectivity index (χ4n) is 5.89. The predicted molar refractivity (Wildman–Crippen MR) is 141 cm³/mol. The Hall–Kier alpha value is -3.13. The molecule has 198 valence electrons. The predicted octanol–water partition coefficient (Wildman–Crippen LogP) is 5.53. The molecule has 6 atom stereocenters. The van der Waals surface area contributed by atoms with Gasteiger partial charge in [0.05, 0.1) is 18.6 Å². The molecule has 0 saturated carbocycles. The van der Waals surface area contributed by atoms with Crippen LogP contribution in [0.15, 0.2) is 59.2 Å². The van der Waals surface area contributed by atoms with Gasteiger partial charge in [0.1, 0.15) is 11.7 Å². The van der Waals surface area contributed by atoms with Crippen LogP contribution in [0.25, 0.3) is 16.5 Å². The summed E-state index contributed by atoms with van der Waals surface area (Å²) in [5, 5.41) is 3.88. The van der Waals surface area contributed by atoms with E-state index < -0.39 is 23.5 Å². The number of ether oxygens (including phenoxy) is 3. The molecule has 0 aromatic carbocycles. The summed E-state index contributed by atoms with van der Waals surface area (Å²) in [5.74, 6) is -0.590. The summed E-state index contributed by atoms with van der Waals surface area (Å²) >= 11 is 0. The molecule has 0 spiro atoms. The van der Waals surface area contributed by atoms with Gasteiger partial charge >= 0.3 is 5.97 Å². The highest BCUT2D eigenvalue weighted by Gasteiger charge is 2.53. The minimum absolute atomic E-state index is 0.124. The molecular weight excluding hydrogens is 470 g/mol. The second kappa shape index (κ2) is 10.7. The summed E-state index contributed by atoms with van der Waals surface area (Å²) in [4.78, 5) is 20.3. The van der Waals surface area contributed by atoms with Crippen molar-refractivity contribution in [2.24, 2.45) is 35.8 Å². The van der Waals surface area contributed by atoms with Crippen LogP contribution in [0, 0.1) is 23.7 Å². The summed E-state index contributed by atoms with van der Waals surface area (Å²) in [6, 6.07) is 0. The third-order valence-electron chi connectivity index (χ3n) is 8.05. The number of imidazole rings is 1. The lowest BCUT2D eigenvalue weighted by molar-refractivity contribution is -0.225. The normalized spacial score (nSPS) is 34.6. The van der Waals surface area contributed by atoms with Gasteiger partial charge < -0.3 is 18.8 Å². The summed E-state index contributed by atoms with van der Waals surface area (Å²) < 4.78 is 20.5. The minimum atomic E-state index is -1.21. The number of azide groups is 1. The van der Waals surface area contributed by atoms with Gasteiger partial charge in [-0.3, -0.25) is 0 Å². The Morgan fingerprint density at radius 3 is 2.86 bits per heavy atom. The molecule has 2 aliphatic heterocycles. The molecule has 3 heterocycles. The van der Waals surface area contributed by atoms with Crippen molar-refractivity contribution in [1.29, 1.82) is 0 Å². The molecule has 0 N–H and O–H groups in total. The maximum atomic E-state index is 13.0. The topological polar surface area (TPSA) is 111 Å². The molecular formula is C28H37N5O4. The third-order valence-corrected chi connectivity index (χ3v) is 8.05. The lowest BCUT2D eigenvalue weighted by atomic mass is 9.65. The molecule has 0 radical (unpaired) electrons. The molecule has 9 nitrogen and oxygen atoms in total. The second-order valence-electron chi connectivity index (χ2n) is 10.8. The summed E-state index contributed by atoms with van der Waals surface area (Å²) in [7, 11) is 3.45. The Bertz CT molecular complexity index is 1190. The minimum Gasteiger partial charge on any atom is -0.456 e. The van der Waals surface area contributed by atoms with E-state index >= 15 is 0 Å². The Kier molecular flexibility index (Phi) is 7.78. The van der Waals surface area contributed by atoms with Gasteiger partial charge in [-0.05, 0) is 79.7 Å². The van der Waals surface area contributed by atoms with Gasteiger partial charge in [0.15, 0.2) is 0 Å². The van der Waals surface area contributed by atoms with E-state index in [1.54, 1.807) is 19.5 Å². The molecule has 0 saturated heterocycles. The number of carbonyl (C=O) groups excluding carboxylic acids is 1. The molecule has 1 aromatic rings. The monoisotopic (exact) mass is 507 g/mol. The van der Waals surface area contributed by atoms with E-state index in [1.807, 2.05) is 36.9 Å². The first-order valence-corrected chi connectivity index (χ1v) is 12.8. The first-order valence-electron chi connectivity index (χ1n) is 12.8. The number of carbonyl (C=O) groups is 1. The zero-order chi connectivity index (χ0) is 26.8. The van der Waals surface area contributed by atoms with Gasteiger partial charge in [0, 0.05) is 31.3 Å². The Labute approximate surface area is 218 Å². The van der Waals surface area contributed by atoms with Crippen LogP contribution in [0.2, 0.25) is 0 Å². The highest BCUT2D eigenvalue weighted by atomic mass is 16.7. The maximum absolute atomic E-state index is 13.0. The Morgan fingerprint density at radius 2 is 2.22 bits per heavy atom. The fraction of sp³-hybridized carbons (Fsp3) is 0.571. The molecule has 9 heteroatoms. The Morgan fingerprint density at radius 1 is 1.43 bits per heavy atom. The molecule has 3 aliphatic rings. The summed E-state index contributed by atoms with van der Waals surface area (Å²) in [6.07, 6.45) is 15.8. The molecule has 2 bridgehead atoms. The molecule has 37 heavy (non-hydrogen) atoms. The van der Waals surface area contributed by atoms with Gasteiger partial charge in [-0.2, -0.15) is 0 Å². The molecule has 0 fully saturated rings. The standard InChI is InChI=1S/C28H37N5O4/c1-18(2)22-9-7-19(3)23-14-25(36-26(34)10-8-21-16-33(5)17-30-21)27(4)11-12-28(35-6,37-27)20(13-24(22)23)15-31-32-29/h7-8,10-13,16-18,22-25H,9,14-15H2,1-6H3/b10-8+,20-13-/t22-,23+,24-,25+,27+,28-/m1/s1. The number of hydrogen-bond acceptors (Lipinski definition) is 6. The number of fused-ring (bicyclic) bond motifs is 3. The van der Waals surface area contributed by atoms with Crippen molar-refractivity contribution >= 4 is 12.0 Å². The van der Waals surface area contributed by atoms with Crippen LogP contribution in [-0.2, 0) is 26.1 Å². The first kappa shape index (κ1) is 26.9. The summed E-state index contributed by atoms with van der Waals surface area (Å²) in [6.45, 7) is 8.66. The molecule has 1 aromatic heterocycles. The zero-order valence-electron chi connectivity index (χ0n) is 22.5. The van der Waals surface area contributed by atoms with Crippen molar-refractivity contribution in [1.82, 2.24) is 9.55 Å². The van der Waals surface area contributed by atoms with Crippen LogP contribution in [0.3, 0.4) is 0 Å². The van der Waals surface area contributed by atoms with Crippen LogP contribution in [-0.4, -0.2) is 46.7 Å². The van der Waals surface area contributed by atoms with Crippen LogP contribution in [0.4, 0.5) is 0 Å². The van der Waals surface area contributed by atoms with Crippen molar-refractivity contribution in [2.75, 3.05) is 13.7 Å². The van der Waals surface area contributed by atoms with E-state index in [9.17, 15) is 4.79 Å². The smallest absolute Gasteiger partial charge is 0.331 e. The Balaban J connectivity index is 1.74. The SMILES string of the molecule is CO[C@]12C=C[C@](C)(O1)[C@@H](OC(=O)/C=C/c1cn(C)cn1)C[C@H]1C(C)=CC[C@H](C(C)C)[C@H]1/C=C\2CN=[N+]=[N-]. The number of allylic oxidation sites excluding steroid dienone is 3. The van der Waals surface area contributed by atoms with Crippen molar-refractivity contribution in [3.05, 3.63) is 70.2 Å². The first-order chi connectivity index (χ1) is 17.6. The largest absolute Gasteiger partial charge is 0.456 e. The van der Waals surface area contributed by atoms with Crippen LogP contribution in [0.5, 0.6) is 0 Å². The molecule has 0 unspecified atom stereocenters. The van der Waals surface area contributed by atoms with E-state index in [4.69, 9.17) is 19.7 Å². The highest BCUT2D eigenvalue weighted by Crippen LogP contribution is 2.49. The van der Waals surface area contributed by atoms with Crippen molar-refractivity contribution in [3.63, 3.8) is 0 Å². The number of esters is 1. The average Bonchev–Trinajstić information content (AvgIpc) is 3.45.